The Morgan fingerprint density at radius 2 is 2.04 bits per heavy atom. The molecule has 1 aliphatic rings. The van der Waals surface area contributed by atoms with Gasteiger partial charge in [-0.2, -0.15) is 0 Å². The molecule has 2 heterocycles. The lowest BCUT2D eigenvalue weighted by Gasteiger charge is -2.18. The van der Waals surface area contributed by atoms with Gasteiger partial charge in [-0.15, -0.1) is 5.43 Å². The summed E-state index contributed by atoms with van der Waals surface area (Å²) in [7, 11) is 1.97. The number of rotatable bonds is 7. The number of anilines is 1. The molecule has 1 aromatic carbocycles. The van der Waals surface area contributed by atoms with E-state index in [2.05, 4.69) is 15.8 Å². The first kappa shape index (κ1) is 16.7. The molecule has 0 aliphatic carbocycles. The van der Waals surface area contributed by atoms with E-state index in [1.54, 1.807) is 6.20 Å². The average molecular weight is 342 g/mol. The predicted molar refractivity (Wildman–Crippen MR) is 91.8 cm³/mol. The molecule has 8 nitrogen and oxygen atoms in total. The molecule has 0 radical (unpaired) electrons. The van der Waals surface area contributed by atoms with Gasteiger partial charge < -0.3 is 9.64 Å². The first-order valence-corrected chi connectivity index (χ1v) is 7.99. The number of nitrogens with zero attached hydrogens (tertiary/aromatic N) is 3. The van der Waals surface area contributed by atoms with Crippen LogP contribution in [0.2, 0.25) is 0 Å². The molecule has 1 aliphatic heterocycles. The van der Waals surface area contributed by atoms with E-state index < -0.39 is 6.04 Å². The van der Waals surface area contributed by atoms with Crippen LogP contribution in [-0.2, 0) is 11.2 Å². The summed E-state index contributed by atoms with van der Waals surface area (Å²) in [5, 5.41) is 0. The maximum atomic E-state index is 11.5. The summed E-state index contributed by atoms with van der Waals surface area (Å²) in [6.45, 7) is 1.24. The summed E-state index contributed by atoms with van der Waals surface area (Å²) in [6.07, 6.45) is 2.20. The Morgan fingerprint density at radius 3 is 2.68 bits per heavy atom. The quantitative estimate of drug-likeness (QED) is 0.725. The number of nitrogens with one attached hydrogen (secondary N) is 2. The van der Waals surface area contributed by atoms with E-state index in [1.165, 1.54) is 0 Å². The molecule has 1 amide bonds. The van der Waals surface area contributed by atoms with Gasteiger partial charge in [-0.3, -0.25) is 4.79 Å². The molecule has 2 aromatic rings. The van der Waals surface area contributed by atoms with Crippen molar-refractivity contribution in [1.82, 2.24) is 15.8 Å². The lowest BCUT2D eigenvalue weighted by molar-refractivity contribution is -0.636. The number of hydrazine groups is 2. The van der Waals surface area contributed by atoms with Crippen molar-refractivity contribution in [3.05, 3.63) is 59.1 Å². The van der Waals surface area contributed by atoms with Gasteiger partial charge in [0.15, 0.2) is 6.04 Å². The maximum absolute atomic E-state index is 11.5. The van der Waals surface area contributed by atoms with Crippen molar-refractivity contribution in [2.75, 3.05) is 25.1 Å². The molecule has 0 saturated carbocycles. The number of hydrogen-bond donors (Lipinski definition) is 2. The van der Waals surface area contributed by atoms with E-state index >= 15 is 0 Å². The number of carbonyl (C=O) groups excluding carboxylic acids is 1. The monoisotopic (exact) mass is 342 g/mol. The summed E-state index contributed by atoms with van der Waals surface area (Å²) >= 11 is 0. The summed E-state index contributed by atoms with van der Waals surface area (Å²) < 4.78 is 5.74. The highest BCUT2D eigenvalue weighted by Crippen LogP contribution is 2.14. The van der Waals surface area contributed by atoms with Crippen molar-refractivity contribution in [2.24, 2.45) is 0 Å². The molecule has 130 valence electrons. The van der Waals surface area contributed by atoms with Crippen LogP contribution in [0.3, 0.4) is 0 Å². The highest BCUT2D eigenvalue weighted by molar-refractivity contribution is 5.81. The van der Waals surface area contributed by atoms with Crippen LogP contribution in [0.15, 0.2) is 48.7 Å². The molecule has 8 heteroatoms. The van der Waals surface area contributed by atoms with E-state index in [9.17, 15) is 9.70 Å². The fourth-order valence-electron chi connectivity index (χ4n) is 2.50. The topological polar surface area (TPSA) is 86.6 Å². The highest BCUT2D eigenvalue weighted by Gasteiger charge is 2.36. The van der Waals surface area contributed by atoms with Gasteiger partial charge in [0.1, 0.15) is 18.2 Å². The second kappa shape index (κ2) is 7.61. The average Bonchev–Trinajstić information content (AvgIpc) is 2.94. The summed E-state index contributed by atoms with van der Waals surface area (Å²) in [6, 6.07) is 12.7. The molecule has 1 fully saturated rings. The summed E-state index contributed by atoms with van der Waals surface area (Å²) in [4.78, 5) is 29.2. The SMILES string of the molecule is CN(CCOc1ccc(CC2N[N+](=O)NC2=O)cc1)c1ccccn1. The van der Waals surface area contributed by atoms with E-state index in [0.29, 0.717) is 24.6 Å². The largest absolute Gasteiger partial charge is 0.492 e. The zero-order valence-corrected chi connectivity index (χ0v) is 13.9. The fraction of sp³-hybridized carbons (Fsp3) is 0.294. The van der Waals surface area contributed by atoms with E-state index in [-0.39, 0.29) is 5.91 Å². The third-order valence-corrected chi connectivity index (χ3v) is 3.90. The molecule has 1 saturated heterocycles. The van der Waals surface area contributed by atoms with Crippen molar-refractivity contribution in [2.45, 2.75) is 12.5 Å². The number of carbonyl (C=O) groups is 1. The van der Waals surface area contributed by atoms with Gasteiger partial charge in [-0.1, -0.05) is 23.6 Å². The third-order valence-electron chi connectivity index (χ3n) is 3.90. The second-order valence-electron chi connectivity index (χ2n) is 5.76. The van der Waals surface area contributed by atoms with Crippen LogP contribution < -0.4 is 20.5 Å². The van der Waals surface area contributed by atoms with Crippen LogP contribution in [0.1, 0.15) is 5.56 Å². The number of nitroso groups, excluding NO2 is 1. The minimum Gasteiger partial charge on any atom is -0.492 e. The molecule has 25 heavy (non-hydrogen) atoms. The molecule has 0 spiro atoms. The van der Waals surface area contributed by atoms with Gasteiger partial charge in [0.05, 0.1) is 11.5 Å². The Morgan fingerprint density at radius 1 is 1.24 bits per heavy atom. The lowest BCUT2D eigenvalue weighted by atomic mass is 10.1. The Bertz CT molecular complexity index is 736. The second-order valence-corrected chi connectivity index (χ2v) is 5.76. The summed E-state index contributed by atoms with van der Waals surface area (Å²) in [5.74, 6) is 1.33. The Balaban J connectivity index is 1.46. The first-order valence-electron chi connectivity index (χ1n) is 7.99. The molecule has 2 N–H and O–H groups in total. The zero-order valence-electron chi connectivity index (χ0n) is 13.9. The van der Waals surface area contributed by atoms with Crippen molar-refractivity contribution in [3.63, 3.8) is 0 Å². The van der Waals surface area contributed by atoms with Gasteiger partial charge in [0.2, 0.25) is 0 Å². The van der Waals surface area contributed by atoms with Gasteiger partial charge in [-0.05, 0) is 29.8 Å². The fourth-order valence-corrected chi connectivity index (χ4v) is 2.50. The number of ether oxygens (including phenoxy) is 1. The Labute approximate surface area is 145 Å². The van der Waals surface area contributed by atoms with Crippen LogP contribution in [0.25, 0.3) is 0 Å². The number of amides is 1. The number of pyridine rings is 1. The zero-order chi connectivity index (χ0) is 17.6. The molecule has 3 rings (SSSR count). The van der Waals surface area contributed by atoms with Gasteiger partial charge in [0.25, 0.3) is 4.98 Å². The van der Waals surface area contributed by atoms with Crippen molar-refractivity contribution < 1.29 is 14.5 Å². The molecule has 1 unspecified atom stereocenters. The molecular formula is C17H20N5O3+. The van der Waals surface area contributed by atoms with Gasteiger partial charge in [0, 0.05) is 19.7 Å². The van der Waals surface area contributed by atoms with Crippen molar-refractivity contribution in [1.29, 1.82) is 0 Å². The van der Waals surface area contributed by atoms with Crippen molar-refractivity contribution in [3.8, 4) is 5.75 Å². The van der Waals surface area contributed by atoms with Gasteiger partial charge >= 0.3 is 5.91 Å². The van der Waals surface area contributed by atoms with Crippen LogP contribution >= 0.6 is 0 Å². The van der Waals surface area contributed by atoms with Crippen molar-refractivity contribution >= 4 is 11.7 Å². The Kier molecular flexibility index (Phi) is 5.08. The number of aromatic nitrogens is 1. The number of benzene rings is 1. The van der Waals surface area contributed by atoms with Crippen LogP contribution in [-0.4, -0.2) is 42.1 Å². The van der Waals surface area contributed by atoms with Crippen LogP contribution in [0, 0.1) is 4.91 Å². The van der Waals surface area contributed by atoms with E-state index in [1.807, 2.05) is 54.4 Å². The first-order chi connectivity index (χ1) is 12.1. The standard InChI is InChI=1S/C17H19N5O3/c1-21(16-4-2-3-9-18-16)10-11-25-14-7-5-13(6-8-14)12-15-17(23)20-22(24)19-15/h2-9,15H,10-12H2,1H3,(H-,19,20,23,24)/p+1. The maximum Gasteiger partial charge on any atom is 0.310 e. The van der Waals surface area contributed by atoms with E-state index in [0.717, 1.165) is 17.1 Å². The number of likely N-dealkylation sites (N-methyl/N-ethyl adjacent to an activating group) is 1. The minimum atomic E-state index is -0.545. The van der Waals surface area contributed by atoms with Crippen LogP contribution in [0.4, 0.5) is 5.82 Å². The smallest absolute Gasteiger partial charge is 0.310 e. The lowest BCUT2D eigenvalue weighted by Crippen LogP contribution is -2.31. The molecule has 0 bridgehead atoms. The van der Waals surface area contributed by atoms with Gasteiger partial charge in [-0.25, -0.2) is 4.98 Å². The molecule has 1 atom stereocenters. The third kappa shape index (κ3) is 4.43. The Hall–Kier alpha value is -3.16. The van der Waals surface area contributed by atoms with Crippen LogP contribution in [0.5, 0.6) is 5.75 Å². The molecular weight excluding hydrogens is 322 g/mol. The number of hydrogen-bond acceptors (Lipinski definition) is 5. The minimum absolute atomic E-state index is 0.326. The predicted octanol–water partition coefficient (Wildman–Crippen LogP) is 0.836. The highest BCUT2D eigenvalue weighted by atomic mass is 16.5. The molecule has 1 aromatic heterocycles. The normalized spacial score (nSPS) is 16.3. The van der Waals surface area contributed by atoms with E-state index in [4.69, 9.17) is 4.74 Å². The summed E-state index contributed by atoms with van der Waals surface area (Å²) in [5.41, 5.74) is 5.59.